The molecule has 0 amide bonds. The van der Waals surface area contributed by atoms with E-state index in [4.69, 9.17) is 4.74 Å². The summed E-state index contributed by atoms with van der Waals surface area (Å²) in [6.45, 7) is 0. The smallest absolute Gasteiger partial charge is 0.123 e. The van der Waals surface area contributed by atoms with Crippen molar-refractivity contribution >= 4 is 0 Å². The molecule has 0 aliphatic rings. The van der Waals surface area contributed by atoms with Gasteiger partial charge in [0.25, 0.3) is 0 Å². The minimum absolute atomic E-state index is 0.635. The number of hydrogen-bond acceptors (Lipinski definition) is 3. The molecule has 4 heteroatoms. The fourth-order valence-electron chi connectivity index (χ4n) is 1.56. The topological polar surface area (TPSA) is 47.3 Å². The maximum Gasteiger partial charge on any atom is 0.123 e. The van der Waals surface area contributed by atoms with Gasteiger partial charge in [-0.2, -0.15) is 5.10 Å². The predicted octanol–water partition coefficient (Wildman–Crippen LogP) is 1.51. The highest BCUT2D eigenvalue weighted by Crippen LogP contribution is 2.23. The van der Waals surface area contributed by atoms with Crippen LogP contribution >= 0.6 is 0 Å². The number of ether oxygens (including phenoxy) is 1. The summed E-state index contributed by atoms with van der Waals surface area (Å²) in [5, 5.41) is 14.3. The predicted molar refractivity (Wildman–Crippen MR) is 60.3 cm³/mol. The molecule has 1 atom stereocenters. The van der Waals surface area contributed by atoms with E-state index in [1.165, 1.54) is 0 Å². The lowest BCUT2D eigenvalue weighted by molar-refractivity contribution is 0.214. The molecular formula is C12H14N2O2. The number of aromatic nitrogens is 2. The third-order valence-corrected chi connectivity index (χ3v) is 2.42. The quantitative estimate of drug-likeness (QED) is 0.849. The minimum Gasteiger partial charge on any atom is -0.497 e. The van der Waals surface area contributed by atoms with Gasteiger partial charge in [0.15, 0.2) is 0 Å². The molecule has 0 bridgehead atoms. The number of aliphatic hydroxyl groups is 1. The van der Waals surface area contributed by atoms with Gasteiger partial charge < -0.3 is 9.84 Å². The summed E-state index contributed by atoms with van der Waals surface area (Å²) in [6, 6.07) is 9.14. The normalized spacial score (nSPS) is 12.4. The Morgan fingerprint density at radius 3 is 2.81 bits per heavy atom. The monoisotopic (exact) mass is 218 g/mol. The number of nitrogens with zero attached hydrogens (tertiary/aromatic N) is 2. The summed E-state index contributed by atoms with van der Waals surface area (Å²) in [7, 11) is 3.42. The highest BCUT2D eigenvalue weighted by Gasteiger charge is 2.13. The molecule has 1 aromatic heterocycles. The molecule has 0 fully saturated rings. The number of aryl methyl sites for hydroxylation is 1. The molecule has 0 aliphatic carbocycles. The van der Waals surface area contributed by atoms with Crippen molar-refractivity contribution in [3.05, 3.63) is 47.8 Å². The van der Waals surface area contributed by atoms with E-state index in [0.29, 0.717) is 5.69 Å². The summed E-state index contributed by atoms with van der Waals surface area (Å²) in [4.78, 5) is 0. The minimum atomic E-state index is -0.712. The van der Waals surface area contributed by atoms with Crippen LogP contribution < -0.4 is 4.74 Å². The van der Waals surface area contributed by atoms with Crippen molar-refractivity contribution in [2.75, 3.05) is 7.11 Å². The zero-order chi connectivity index (χ0) is 11.5. The van der Waals surface area contributed by atoms with Crippen LogP contribution in [0.5, 0.6) is 5.75 Å². The molecule has 0 spiro atoms. The fourth-order valence-corrected chi connectivity index (χ4v) is 1.56. The number of rotatable bonds is 3. The number of benzene rings is 1. The van der Waals surface area contributed by atoms with Crippen LogP contribution in [0.3, 0.4) is 0 Å². The van der Waals surface area contributed by atoms with Crippen LogP contribution in [0, 0.1) is 0 Å². The maximum absolute atomic E-state index is 10.1. The molecule has 0 aliphatic heterocycles. The molecule has 0 saturated carbocycles. The summed E-state index contributed by atoms with van der Waals surface area (Å²) in [5.74, 6) is 0.729. The standard InChI is InChI=1S/C12H14N2O2/c1-14-7-6-11(13-14)12(15)9-4-3-5-10(8-9)16-2/h3-8,12,15H,1-2H3. The molecule has 2 rings (SSSR count). The third kappa shape index (κ3) is 2.06. The molecule has 1 N–H and O–H groups in total. The first-order valence-corrected chi connectivity index (χ1v) is 5.02. The summed E-state index contributed by atoms with van der Waals surface area (Å²) in [5.41, 5.74) is 1.41. The van der Waals surface area contributed by atoms with Crippen molar-refractivity contribution in [1.29, 1.82) is 0 Å². The highest BCUT2D eigenvalue weighted by molar-refractivity contribution is 5.33. The average Bonchev–Trinajstić information content (AvgIpc) is 2.75. The molecule has 4 nitrogen and oxygen atoms in total. The van der Waals surface area contributed by atoms with Gasteiger partial charge in [0.1, 0.15) is 11.9 Å². The Hall–Kier alpha value is -1.81. The lowest BCUT2D eigenvalue weighted by Crippen LogP contribution is -2.02. The first kappa shape index (κ1) is 10.7. The molecule has 16 heavy (non-hydrogen) atoms. The number of aliphatic hydroxyl groups excluding tert-OH is 1. The Morgan fingerprint density at radius 1 is 1.38 bits per heavy atom. The van der Waals surface area contributed by atoms with E-state index in [-0.39, 0.29) is 0 Å². The zero-order valence-electron chi connectivity index (χ0n) is 9.29. The van der Waals surface area contributed by atoms with E-state index in [1.54, 1.807) is 30.1 Å². The lowest BCUT2D eigenvalue weighted by atomic mass is 10.1. The van der Waals surface area contributed by atoms with Gasteiger partial charge in [-0.1, -0.05) is 12.1 Å². The van der Waals surface area contributed by atoms with Gasteiger partial charge >= 0.3 is 0 Å². The van der Waals surface area contributed by atoms with Crippen LogP contribution in [-0.2, 0) is 7.05 Å². The van der Waals surface area contributed by atoms with Crippen LogP contribution in [0.15, 0.2) is 36.5 Å². The lowest BCUT2D eigenvalue weighted by Gasteiger charge is -2.09. The first-order valence-electron chi connectivity index (χ1n) is 5.02. The zero-order valence-corrected chi connectivity index (χ0v) is 9.29. The molecule has 1 unspecified atom stereocenters. The molecule has 0 radical (unpaired) electrons. The Kier molecular flexibility index (Phi) is 2.92. The van der Waals surface area contributed by atoms with E-state index in [1.807, 2.05) is 25.2 Å². The van der Waals surface area contributed by atoms with Gasteiger partial charge in [-0.3, -0.25) is 4.68 Å². The maximum atomic E-state index is 10.1. The third-order valence-electron chi connectivity index (χ3n) is 2.42. The van der Waals surface area contributed by atoms with Gasteiger partial charge in [0, 0.05) is 13.2 Å². The van der Waals surface area contributed by atoms with Gasteiger partial charge in [0.05, 0.1) is 12.8 Å². The molecular weight excluding hydrogens is 204 g/mol. The van der Waals surface area contributed by atoms with Crippen LogP contribution in [0.1, 0.15) is 17.4 Å². The van der Waals surface area contributed by atoms with Crippen LogP contribution in [0.2, 0.25) is 0 Å². The van der Waals surface area contributed by atoms with E-state index in [0.717, 1.165) is 11.3 Å². The van der Waals surface area contributed by atoms with Crippen molar-refractivity contribution in [1.82, 2.24) is 9.78 Å². The van der Waals surface area contributed by atoms with Crippen molar-refractivity contribution in [3.8, 4) is 5.75 Å². The van der Waals surface area contributed by atoms with Gasteiger partial charge in [-0.25, -0.2) is 0 Å². The van der Waals surface area contributed by atoms with E-state index < -0.39 is 6.10 Å². The van der Waals surface area contributed by atoms with Gasteiger partial charge in [0.2, 0.25) is 0 Å². The van der Waals surface area contributed by atoms with Gasteiger partial charge in [-0.05, 0) is 23.8 Å². The summed E-state index contributed by atoms with van der Waals surface area (Å²) in [6.07, 6.45) is 1.09. The SMILES string of the molecule is COc1cccc(C(O)c2ccn(C)n2)c1. The van der Waals surface area contributed by atoms with Gasteiger partial charge in [-0.15, -0.1) is 0 Å². The Labute approximate surface area is 94.1 Å². The summed E-state index contributed by atoms with van der Waals surface area (Å²) < 4.78 is 6.77. The largest absolute Gasteiger partial charge is 0.497 e. The second-order valence-corrected chi connectivity index (χ2v) is 3.59. The van der Waals surface area contributed by atoms with Crippen LogP contribution in [-0.4, -0.2) is 22.0 Å². The average molecular weight is 218 g/mol. The van der Waals surface area contributed by atoms with Crippen molar-refractivity contribution in [2.45, 2.75) is 6.10 Å². The molecule has 0 saturated heterocycles. The Morgan fingerprint density at radius 2 is 2.19 bits per heavy atom. The fraction of sp³-hybridized carbons (Fsp3) is 0.250. The highest BCUT2D eigenvalue weighted by atomic mass is 16.5. The number of hydrogen-bond donors (Lipinski definition) is 1. The molecule has 1 aromatic carbocycles. The van der Waals surface area contributed by atoms with Crippen LogP contribution in [0.4, 0.5) is 0 Å². The Bertz CT molecular complexity index is 479. The summed E-state index contributed by atoms with van der Waals surface area (Å²) >= 11 is 0. The van der Waals surface area contributed by atoms with E-state index >= 15 is 0 Å². The molecule has 1 heterocycles. The Balaban J connectivity index is 2.29. The van der Waals surface area contributed by atoms with Crippen molar-refractivity contribution in [2.24, 2.45) is 7.05 Å². The van der Waals surface area contributed by atoms with Crippen molar-refractivity contribution in [3.63, 3.8) is 0 Å². The molecule has 84 valence electrons. The van der Waals surface area contributed by atoms with Crippen molar-refractivity contribution < 1.29 is 9.84 Å². The number of methoxy groups -OCH3 is 1. The van der Waals surface area contributed by atoms with E-state index in [9.17, 15) is 5.11 Å². The second kappa shape index (κ2) is 4.37. The first-order chi connectivity index (χ1) is 7.70. The van der Waals surface area contributed by atoms with Crippen LogP contribution in [0.25, 0.3) is 0 Å². The van der Waals surface area contributed by atoms with E-state index in [2.05, 4.69) is 5.10 Å². The molecule has 2 aromatic rings. The second-order valence-electron chi connectivity index (χ2n) is 3.59.